The predicted molar refractivity (Wildman–Crippen MR) is 150 cm³/mol. The van der Waals surface area contributed by atoms with E-state index in [-0.39, 0.29) is 23.1 Å². The van der Waals surface area contributed by atoms with Gasteiger partial charge in [-0.2, -0.15) is 5.10 Å². The number of nitrogens with one attached hydrogen (secondary N) is 3. The van der Waals surface area contributed by atoms with Gasteiger partial charge in [0.2, 0.25) is 0 Å². The van der Waals surface area contributed by atoms with Gasteiger partial charge in [0.05, 0.1) is 25.0 Å². The second-order valence-electron chi connectivity index (χ2n) is 7.90. The maximum absolute atomic E-state index is 12.2. The topological polar surface area (TPSA) is 127 Å². The van der Waals surface area contributed by atoms with Crippen LogP contribution < -0.4 is 30.3 Å². The number of anilines is 2. The van der Waals surface area contributed by atoms with Crippen LogP contribution in [0.15, 0.2) is 65.8 Å². The molecule has 12 heteroatoms. The standard InChI is InChI=1S/C27H26Cl2N4O6/c1-3-12-38-21-10-8-20(9-11-21)32-26(35)27(36)33-30-15-17-13-22(29)25(23(14-17)37-2)39-16-24(34)31-19-6-4-18(28)5-7-19/h4-11,13-15H,3,12,16H2,1-2H3,(H,31,34)(H,32,35)(H,33,36)/b30-15-. The normalized spacial score (nSPS) is 10.6. The predicted octanol–water partition coefficient (Wildman–Crippen LogP) is 4.90. The Morgan fingerprint density at radius 3 is 2.23 bits per heavy atom. The lowest BCUT2D eigenvalue weighted by Gasteiger charge is -2.13. The summed E-state index contributed by atoms with van der Waals surface area (Å²) in [5.74, 6) is -1.23. The summed E-state index contributed by atoms with van der Waals surface area (Å²) in [6.07, 6.45) is 2.15. The van der Waals surface area contributed by atoms with Crippen LogP contribution in [0.25, 0.3) is 0 Å². The minimum Gasteiger partial charge on any atom is -0.494 e. The minimum absolute atomic E-state index is 0.144. The average Bonchev–Trinajstić information content (AvgIpc) is 2.93. The Bertz CT molecular complexity index is 1330. The molecule has 0 fully saturated rings. The highest BCUT2D eigenvalue weighted by Crippen LogP contribution is 2.36. The number of hydrazone groups is 1. The Morgan fingerprint density at radius 1 is 0.897 bits per heavy atom. The second-order valence-corrected chi connectivity index (χ2v) is 8.75. The monoisotopic (exact) mass is 572 g/mol. The Labute approximate surface area is 235 Å². The second kappa shape index (κ2) is 14.6. The number of nitrogens with zero attached hydrogens (tertiary/aromatic N) is 1. The minimum atomic E-state index is -0.970. The highest BCUT2D eigenvalue weighted by molar-refractivity contribution is 6.39. The lowest BCUT2D eigenvalue weighted by atomic mass is 10.2. The quantitative estimate of drug-likeness (QED) is 0.170. The van der Waals surface area contributed by atoms with Gasteiger partial charge in [0.1, 0.15) is 5.75 Å². The van der Waals surface area contributed by atoms with Crippen LogP contribution in [0.4, 0.5) is 11.4 Å². The largest absolute Gasteiger partial charge is 0.494 e. The van der Waals surface area contributed by atoms with Gasteiger partial charge >= 0.3 is 11.8 Å². The zero-order valence-electron chi connectivity index (χ0n) is 21.1. The molecular formula is C27H26Cl2N4O6. The SMILES string of the molecule is CCCOc1ccc(NC(=O)C(=O)N/N=C\c2cc(Cl)c(OCC(=O)Nc3ccc(Cl)cc3)c(OC)c2)cc1. The van der Waals surface area contributed by atoms with Gasteiger partial charge in [-0.1, -0.05) is 30.1 Å². The number of rotatable bonds is 11. The van der Waals surface area contributed by atoms with E-state index in [1.807, 2.05) is 6.92 Å². The van der Waals surface area contributed by atoms with Crippen molar-refractivity contribution in [2.75, 3.05) is 31.0 Å². The van der Waals surface area contributed by atoms with Crippen molar-refractivity contribution in [3.05, 3.63) is 76.3 Å². The van der Waals surface area contributed by atoms with Gasteiger partial charge < -0.3 is 24.8 Å². The molecule has 0 heterocycles. The smallest absolute Gasteiger partial charge is 0.329 e. The third-order valence-electron chi connectivity index (χ3n) is 4.90. The molecule has 0 saturated carbocycles. The van der Waals surface area contributed by atoms with Crippen molar-refractivity contribution in [3.63, 3.8) is 0 Å². The number of carbonyl (C=O) groups is 3. The highest BCUT2D eigenvalue weighted by Gasteiger charge is 2.15. The molecule has 10 nitrogen and oxygen atoms in total. The fourth-order valence-electron chi connectivity index (χ4n) is 3.08. The van der Waals surface area contributed by atoms with Crippen molar-refractivity contribution in [2.45, 2.75) is 13.3 Å². The number of carbonyl (C=O) groups excluding carboxylic acids is 3. The third kappa shape index (κ3) is 9.20. The van der Waals surface area contributed by atoms with Crippen LogP contribution in [0.5, 0.6) is 17.2 Å². The summed E-state index contributed by atoms with van der Waals surface area (Å²) in [6, 6.07) is 16.3. The van der Waals surface area contributed by atoms with E-state index in [1.54, 1.807) is 48.5 Å². The van der Waals surface area contributed by atoms with Crippen LogP contribution >= 0.6 is 23.2 Å². The van der Waals surface area contributed by atoms with Crippen molar-refractivity contribution < 1.29 is 28.6 Å². The van der Waals surface area contributed by atoms with E-state index in [9.17, 15) is 14.4 Å². The number of halogens is 2. The molecule has 0 unspecified atom stereocenters. The molecular weight excluding hydrogens is 547 g/mol. The third-order valence-corrected chi connectivity index (χ3v) is 5.43. The van der Waals surface area contributed by atoms with E-state index in [2.05, 4.69) is 21.2 Å². The Morgan fingerprint density at radius 2 is 1.56 bits per heavy atom. The number of ether oxygens (including phenoxy) is 3. The van der Waals surface area contributed by atoms with Gasteiger partial charge in [0.25, 0.3) is 5.91 Å². The summed E-state index contributed by atoms with van der Waals surface area (Å²) in [4.78, 5) is 36.5. The Hall–Kier alpha value is -4.28. The van der Waals surface area contributed by atoms with Gasteiger partial charge in [-0.3, -0.25) is 14.4 Å². The zero-order chi connectivity index (χ0) is 28.2. The van der Waals surface area contributed by atoms with Gasteiger partial charge in [0.15, 0.2) is 18.1 Å². The zero-order valence-corrected chi connectivity index (χ0v) is 22.6. The molecule has 3 amide bonds. The average molecular weight is 573 g/mol. The first-order chi connectivity index (χ1) is 18.8. The van der Waals surface area contributed by atoms with E-state index in [4.69, 9.17) is 37.4 Å². The van der Waals surface area contributed by atoms with Gasteiger partial charge in [-0.15, -0.1) is 0 Å². The summed E-state index contributed by atoms with van der Waals surface area (Å²) in [5.41, 5.74) is 3.58. The number of amides is 3. The molecule has 0 bridgehead atoms. The molecule has 3 rings (SSSR count). The molecule has 0 atom stereocenters. The summed E-state index contributed by atoms with van der Waals surface area (Å²) < 4.78 is 16.4. The molecule has 0 spiro atoms. The lowest BCUT2D eigenvalue weighted by molar-refractivity contribution is -0.136. The van der Waals surface area contributed by atoms with Crippen molar-refractivity contribution >= 4 is 58.5 Å². The fraction of sp³-hybridized carbons (Fsp3) is 0.185. The molecule has 0 aliphatic rings. The number of hydrogen-bond acceptors (Lipinski definition) is 7. The van der Waals surface area contributed by atoms with Crippen LogP contribution in [0.3, 0.4) is 0 Å². The van der Waals surface area contributed by atoms with Gasteiger partial charge in [0, 0.05) is 16.4 Å². The van der Waals surface area contributed by atoms with Crippen molar-refractivity contribution in [1.82, 2.24) is 5.43 Å². The number of hydrogen-bond donors (Lipinski definition) is 3. The van der Waals surface area contributed by atoms with E-state index >= 15 is 0 Å². The first-order valence-corrected chi connectivity index (χ1v) is 12.5. The van der Waals surface area contributed by atoms with Crippen molar-refractivity contribution in [1.29, 1.82) is 0 Å². The van der Waals surface area contributed by atoms with Crippen LogP contribution in [0, 0.1) is 0 Å². The first-order valence-electron chi connectivity index (χ1n) is 11.7. The van der Waals surface area contributed by atoms with Gasteiger partial charge in [-0.25, -0.2) is 5.43 Å². The summed E-state index contributed by atoms with van der Waals surface area (Å²) >= 11 is 12.2. The highest BCUT2D eigenvalue weighted by atomic mass is 35.5. The summed E-state index contributed by atoms with van der Waals surface area (Å²) in [5, 5.41) is 9.63. The maximum atomic E-state index is 12.2. The van der Waals surface area contributed by atoms with E-state index in [0.717, 1.165) is 6.42 Å². The lowest BCUT2D eigenvalue weighted by Crippen LogP contribution is -2.32. The molecule has 39 heavy (non-hydrogen) atoms. The molecule has 204 valence electrons. The van der Waals surface area contributed by atoms with E-state index < -0.39 is 17.7 Å². The summed E-state index contributed by atoms with van der Waals surface area (Å²) in [7, 11) is 1.40. The number of methoxy groups -OCH3 is 1. The first kappa shape index (κ1) is 29.3. The Kier molecular flexibility index (Phi) is 11.0. The van der Waals surface area contributed by atoms with E-state index in [1.165, 1.54) is 25.5 Å². The summed E-state index contributed by atoms with van der Waals surface area (Å²) in [6.45, 7) is 2.26. The molecule has 0 aliphatic carbocycles. The molecule has 3 aromatic rings. The fourth-order valence-corrected chi connectivity index (χ4v) is 3.48. The molecule has 0 aliphatic heterocycles. The molecule has 3 aromatic carbocycles. The number of benzene rings is 3. The molecule has 0 aromatic heterocycles. The van der Waals surface area contributed by atoms with Crippen molar-refractivity contribution in [3.8, 4) is 17.2 Å². The maximum Gasteiger partial charge on any atom is 0.329 e. The van der Waals surface area contributed by atoms with E-state index in [0.29, 0.717) is 34.3 Å². The molecule has 0 saturated heterocycles. The molecule has 0 radical (unpaired) electrons. The van der Waals surface area contributed by atoms with Crippen LogP contribution in [0.2, 0.25) is 10.0 Å². The Balaban J connectivity index is 1.53. The van der Waals surface area contributed by atoms with Gasteiger partial charge in [-0.05, 0) is 72.6 Å². The van der Waals surface area contributed by atoms with Crippen LogP contribution in [-0.4, -0.2) is 44.3 Å². The van der Waals surface area contributed by atoms with Crippen molar-refractivity contribution in [2.24, 2.45) is 5.10 Å². The van der Waals surface area contributed by atoms with Crippen LogP contribution in [-0.2, 0) is 14.4 Å². The molecule has 3 N–H and O–H groups in total. The van der Waals surface area contributed by atoms with Crippen LogP contribution in [0.1, 0.15) is 18.9 Å².